The number of rotatable bonds is 0. The van der Waals surface area contributed by atoms with Crippen LogP contribution in [-0.2, 0) is 26.2 Å². The molecule has 3 saturated carbocycles. The summed E-state index contributed by atoms with van der Waals surface area (Å²) >= 11 is 0. The van der Waals surface area contributed by atoms with Crippen LogP contribution in [-0.4, -0.2) is 5.11 Å². The molecule has 0 aliphatic heterocycles. The molecule has 0 aromatic rings. The Hall–Kier alpha value is 0.843. The molecule has 10 radical (unpaired) electrons. The molecule has 0 bridgehead atoms. The third-order valence-electron chi connectivity index (χ3n) is 2.29. The Balaban J connectivity index is 0.000000221. The average Bonchev–Trinajstić information content (AvgIpc) is 3.07. The summed E-state index contributed by atoms with van der Waals surface area (Å²) in [6, 6.07) is 0. The largest absolute Gasteiger partial charge is 0.563 e. The maximum absolute atomic E-state index is 8.65. The molecule has 17 heavy (non-hydrogen) atoms. The third-order valence-corrected chi connectivity index (χ3v) is 2.29. The van der Waals surface area contributed by atoms with Crippen LogP contribution in [0.15, 0.2) is 0 Å². The molecule has 3 aliphatic carbocycles. The van der Waals surface area contributed by atoms with Crippen LogP contribution in [0.2, 0.25) is 0 Å². The second-order valence-electron chi connectivity index (χ2n) is 3.70. The SMILES string of the molecule is O[C-]1CCCC1.[CH]1[CH][CH][CH][CH]1.[CH]1[CH][CH][CH][CH]1.[Zr]. The van der Waals surface area contributed by atoms with Crippen molar-refractivity contribution in [2.75, 3.05) is 0 Å². The van der Waals surface area contributed by atoms with E-state index in [0.717, 1.165) is 12.8 Å². The predicted molar refractivity (Wildman–Crippen MR) is 66.6 cm³/mol. The Morgan fingerprint density at radius 1 is 0.588 bits per heavy atom. The van der Waals surface area contributed by atoms with Gasteiger partial charge in [0, 0.05) is 26.2 Å². The van der Waals surface area contributed by atoms with E-state index in [4.69, 9.17) is 5.11 Å². The molecule has 0 heterocycles. The first-order valence-corrected chi connectivity index (χ1v) is 5.76. The first-order valence-electron chi connectivity index (χ1n) is 5.76. The van der Waals surface area contributed by atoms with Crippen LogP contribution >= 0.6 is 0 Å². The van der Waals surface area contributed by atoms with Crippen molar-refractivity contribution < 1.29 is 31.3 Å². The Bertz CT molecular complexity index is 111. The molecule has 2 heteroatoms. The van der Waals surface area contributed by atoms with Crippen LogP contribution in [0.4, 0.5) is 0 Å². The summed E-state index contributed by atoms with van der Waals surface area (Å²) in [5.74, 6) is 0. The normalized spacial score (nSPS) is 23.1. The molecular formula is C15H19OZr-. The van der Waals surface area contributed by atoms with Gasteiger partial charge in [0.15, 0.2) is 0 Å². The molecule has 0 aromatic heterocycles. The van der Waals surface area contributed by atoms with Crippen LogP contribution in [0, 0.1) is 70.3 Å². The van der Waals surface area contributed by atoms with E-state index < -0.39 is 0 Å². The van der Waals surface area contributed by atoms with Gasteiger partial charge in [-0.05, 0) is 64.2 Å². The van der Waals surface area contributed by atoms with Gasteiger partial charge in [-0.3, -0.25) is 0 Å². The quantitative estimate of drug-likeness (QED) is 0.679. The number of aliphatic hydroxyl groups excluding tert-OH is 1. The number of hydrogen-bond donors (Lipinski definition) is 1. The zero-order valence-electron chi connectivity index (χ0n) is 10.0. The first-order chi connectivity index (χ1) is 7.89. The first kappa shape index (κ1) is 17.8. The molecule has 1 nitrogen and oxygen atoms in total. The van der Waals surface area contributed by atoms with E-state index in [1.54, 1.807) is 0 Å². The van der Waals surface area contributed by atoms with Gasteiger partial charge in [0.25, 0.3) is 0 Å². The van der Waals surface area contributed by atoms with E-state index in [9.17, 15) is 0 Å². The van der Waals surface area contributed by atoms with E-state index >= 15 is 0 Å². The fraction of sp³-hybridized carbons (Fsp3) is 0.267. The zero-order valence-corrected chi connectivity index (χ0v) is 12.5. The third kappa shape index (κ3) is 11.7. The Labute approximate surface area is 127 Å². The van der Waals surface area contributed by atoms with E-state index in [0.29, 0.717) is 6.10 Å². The molecule has 0 atom stereocenters. The van der Waals surface area contributed by atoms with Crippen LogP contribution in [0.25, 0.3) is 0 Å². The molecule has 0 spiro atoms. The molecular weight excluding hydrogens is 287 g/mol. The van der Waals surface area contributed by atoms with E-state index in [1.807, 2.05) is 64.2 Å². The van der Waals surface area contributed by atoms with Gasteiger partial charge in [-0.25, -0.2) is 6.10 Å². The van der Waals surface area contributed by atoms with Crippen molar-refractivity contribution in [3.63, 3.8) is 0 Å². The fourth-order valence-electron chi connectivity index (χ4n) is 1.42. The Morgan fingerprint density at radius 3 is 0.941 bits per heavy atom. The van der Waals surface area contributed by atoms with Gasteiger partial charge in [-0.2, -0.15) is 12.8 Å². The molecule has 90 valence electrons. The van der Waals surface area contributed by atoms with Crippen LogP contribution in [0.3, 0.4) is 0 Å². The molecule has 0 amide bonds. The topological polar surface area (TPSA) is 20.2 Å². The number of aliphatic hydroxyl groups is 1. The summed E-state index contributed by atoms with van der Waals surface area (Å²) in [4.78, 5) is 0. The van der Waals surface area contributed by atoms with E-state index in [-0.39, 0.29) is 26.2 Å². The second-order valence-corrected chi connectivity index (χ2v) is 3.70. The van der Waals surface area contributed by atoms with Crippen LogP contribution in [0.5, 0.6) is 0 Å². The van der Waals surface area contributed by atoms with Crippen molar-refractivity contribution in [3.05, 3.63) is 70.3 Å². The smallest absolute Gasteiger partial charge is 0 e. The predicted octanol–water partition coefficient (Wildman–Crippen LogP) is 3.51. The van der Waals surface area contributed by atoms with Crippen molar-refractivity contribution >= 4 is 0 Å². The minimum absolute atomic E-state index is 0. The van der Waals surface area contributed by atoms with Gasteiger partial charge in [0.05, 0.1) is 0 Å². The summed E-state index contributed by atoms with van der Waals surface area (Å²) in [6.45, 7) is 0. The minimum atomic E-state index is 0. The standard InChI is InChI=1S/C5H9O.2C5H5.Zr/c6-5-3-1-2-4-5;2*1-2-4-5-3-1;/h6H,1-4H2;2*1-5H;/q-1;;;. The summed E-state index contributed by atoms with van der Waals surface area (Å²) in [5, 5.41) is 8.65. The monoisotopic (exact) mass is 305 g/mol. The van der Waals surface area contributed by atoms with Crippen molar-refractivity contribution in [3.8, 4) is 0 Å². The molecule has 0 unspecified atom stereocenters. The zero-order chi connectivity index (χ0) is 11.5. The Kier molecular flexibility index (Phi) is 13.9. The van der Waals surface area contributed by atoms with Gasteiger partial charge in [-0.1, -0.05) is 12.8 Å². The molecule has 3 rings (SSSR count). The van der Waals surface area contributed by atoms with Gasteiger partial charge < -0.3 is 5.11 Å². The van der Waals surface area contributed by atoms with Crippen LogP contribution < -0.4 is 0 Å². The van der Waals surface area contributed by atoms with Gasteiger partial charge in [0.2, 0.25) is 0 Å². The Morgan fingerprint density at radius 2 is 0.824 bits per heavy atom. The van der Waals surface area contributed by atoms with E-state index in [2.05, 4.69) is 0 Å². The maximum atomic E-state index is 8.65. The van der Waals surface area contributed by atoms with Gasteiger partial charge in [-0.15, -0.1) is 0 Å². The summed E-state index contributed by atoms with van der Waals surface area (Å²) in [5.41, 5.74) is 0. The minimum Gasteiger partial charge on any atom is -0.563 e. The molecule has 3 aliphatic rings. The second kappa shape index (κ2) is 13.3. The maximum Gasteiger partial charge on any atom is 0 e. The van der Waals surface area contributed by atoms with E-state index in [1.165, 1.54) is 12.8 Å². The molecule has 0 saturated heterocycles. The van der Waals surface area contributed by atoms with Crippen molar-refractivity contribution in [2.45, 2.75) is 25.7 Å². The summed E-state index contributed by atoms with van der Waals surface area (Å²) < 4.78 is 0. The molecule has 1 N–H and O–H groups in total. The van der Waals surface area contributed by atoms with Crippen LogP contribution in [0.1, 0.15) is 25.7 Å². The summed E-state index contributed by atoms with van der Waals surface area (Å²) in [6.07, 6.45) is 25.0. The average molecular weight is 307 g/mol. The van der Waals surface area contributed by atoms with Crippen molar-refractivity contribution in [2.24, 2.45) is 0 Å². The molecule has 3 fully saturated rings. The number of hydrogen-bond acceptors (Lipinski definition) is 1. The van der Waals surface area contributed by atoms with Crippen molar-refractivity contribution in [1.29, 1.82) is 0 Å². The summed E-state index contributed by atoms with van der Waals surface area (Å²) in [7, 11) is 0. The molecule has 0 aromatic carbocycles. The van der Waals surface area contributed by atoms with Gasteiger partial charge in [0.1, 0.15) is 0 Å². The van der Waals surface area contributed by atoms with Crippen molar-refractivity contribution in [1.82, 2.24) is 0 Å². The fourth-order valence-corrected chi connectivity index (χ4v) is 1.42. The van der Waals surface area contributed by atoms with Gasteiger partial charge >= 0.3 is 0 Å².